The summed E-state index contributed by atoms with van der Waals surface area (Å²) >= 11 is 0. The molecule has 6 nitrogen and oxygen atoms in total. The van der Waals surface area contributed by atoms with Crippen LogP contribution in [-0.4, -0.2) is 18.0 Å². The van der Waals surface area contributed by atoms with E-state index in [4.69, 9.17) is 0 Å². The van der Waals surface area contributed by atoms with Gasteiger partial charge < -0.3 is 9.55 Å². The Morgan fingerprint density at radius 1 is 1.19 bits per heavy atom. The number of hydrogen-bond donors (Lipinski definition) is 2. The number of alkyl halides is 3. The van der Waals surface area contributed by atoms with Crippen molar-refractivity contribution in [2.24, 2.45) is 7.05 Å². The summed E-state index contributed by atoms with van der Waals surface area (Å²) < 4.78 is 67.3. The second-order valence-electron chi connectivity index (χ2n) is 5.84. The van der Waals surface area contributed by atoms with Crippen molar-refractivity contribution in [1.82, 2.24) is 9.55 Å². The average Bonchev–Trinajstić information content (AvgIpc) is 2.95. The smallest absolute Gasteiger partial charge is 0.360 e. The molecular formula is C16H14F3N3O3S. The molecule has 0 aliphatic rings. The van der Waals surface area contributed by atoms with Gasteiger partial charge in [0.2, 0.25) is 0 Å². The molecule has 0 unspecified atom stereocenters. The molecule has 0 bridgehead atoms. The molecule has 0 saturated heterocycles. The molecular weight excluding hydrogens is 371 g/mol. The number of fused-ring (bicyclic) bond motifs is 1. The maximum Gasteiger partial charge on any atom is 0.416 e. The molecule has 3 rings (SSSR count). The number of sulfonamides is 1. The van der Waals surface area contributed by atoms with Gasteiger partial charge >= 0.3 is 6.18 Å². The zero-order valence-electron chi connectivity index (χ0n) is 13.7. The number of pyridine rings is 1. The second kappa shape index (κ2) is 5.90. The number of aromatic nitrogens is 2. The Balaban J connectivity index is 2.05. The van der Waals surface area contributed by atoms with E-state index in [9.17, 15) is 26.4 Å². The van der Waals surface area contributed by atoms with Gasteiger partial charge in [0.15, 0.2) is 0 Å². The molecule has 0 amide bonds. The number of aromatic amines is 1. The van der Waals surface area contributed by atoms with Crippen LogP contribution in [0.1, 0.15) is 11.1 Å². The summed E-state index contributed by atoms with van der Waals surface area (Å²) in [6.07, 6.45) is -2.06. The van der Waals surface area contributed by atoms with Gasteiger partial charge in [0, 0.05) is 36.4 Å². The van der Waals surface area contributed by atoms with Gasteiger partial charge in [-0.3, -0.25) is 9.52 Å². The summed E-state index contributed by atoms with van der Waals surface area (Å²) in [5.74, 6) is 0. The van der Waals surface area contributed by atoms with Crippen LogP contribution >= 0.6 is 0 Å². The van der Waals surface area contributed by atoms with Crippen molar-refractivity contribution in [3.05, 3.63) is 58.1 Å². The number of H-pyrrole nitrogens is 1. The first-order valence-corrected chi connectivity index (χ1v) is 8.86. The molecule has 0 fully saturated rings. The van der Waals surface area contributed by atoms with Crippen molar-refractivity contribution < 1.29 is 21.6 Å². The van der Waals surface area contributed by atoms with Gasteiger partial charge in [-0.15, -0.1) is 0 Å². The lowest BCUT2D eigenvalue weighted by Gasteiger charge is -2.11. The summed E-state index contributed by atoms with van der Waals surface area (Å²) in [6, 6.07) is 4.07. The van der Waals surface area contributed by atoms with E-state index >= 15 is 0 Å². The monoisotopic (exact) mass is 385 g/mol. The van der Waals surface area contributed by atoms with E-state index in [0.29, 0.717) is 5.56 Å². The highest BCUT2D eigenvalue weighted by Crippen LogP contribution is 2.33. The first-order chi connectivity index (χ1) is 12.0. The van der Waals surface area contributed by atoms with E-state index in [-0.39, 0.29) is 27.0 Å². The van der Waals surface area contributed by atoms with Crippen molar-refractivity contribution in [3.63, 3.8) is 0 Å². The number of halogens is 3. The highest BCUT2D eigenvalue weighted by molar-refractivity contribution is 7.93. The van der Waals surface area contributed by atoms with E-state index in [1.807, 2.05) is 0 Å². The van der Waals surface area contributed by atoms with Gasteiger partial charge in [0.25, 0.3) is 15.6 Å². The van der Waals surface area contributed by atoms with Crippen LogP contribution in [0.15, 0.2) is 46.3 Å². The molecule has 0 aliphatic heterocycles. The third-order valence-electron chi connectivity index (χ3n) is 3.94. The third-order valence-corrected chi connectivity index (χ3v) is 5.35. The van der Waals surface area contributed by atoms with Crippen LogP contribution in [0.3, 0.4) is 0 Å². The molecule has 2 N–H and O–H groups in total. The molecule has 0 saturated carbocycles. The minimum absolute atomic E-state index is 0.0531. The van der Waals surface area contributed by atoms with Crippen LogP contribution in [-0.2, 0) is 23.2 Å². The van der Waals surface area contributed by atoms with E-state index in [1.165, 1.54) is 23.9 Å². The minimum Gasteiger partial charge on any atom is -0.360 e. The number of aryl methyl sites for hydroxylation is 2. The Morgan fingerprint density at radius 2 is 1.88 bits per heavy atom. The van der Waals surface area contributed by atoms with Crippen molar-refractivity contribution in [3.8, 4) is 0 Å². The number of rotatable bonds is 3. The number of hydrogen-bond acceptors (Lipinski definition) is 3. The van der Waals surface area contributed by atoms with Crippen molar-refractivity contribution in [2.75, 3.05) is 4.72 Å². The summed E-state index contributed by atoms with van der Waals surface area (Å²) in [5, 5.41) is 0.132. The highest BCUT2D eigenvalue weighted by atomic mass is 32.2. The van der Waals surface area contributed by atoms with Gasteiger partial charge in [-0.1, -0.05) is 6.07 Å². The van der Waals surface area contributed by atoms with Crippen LogP contribution in [0.25, 0.3) is 10.9 Å². The number of nitrogens with zero attached hydrogens (tertiary/aromatic N) is 1. The Bertz CT molecular complexity index is 1160. The summed E-state index contributed by atoms with van der Waals surface area (Å²) in [4.78, 5) is 13.9. The van der Waals surface area contributed by atoms with E-state index in [1.54, 1.807) is 6.92 Å². The minimum atomic E-state index is -4.53. The number of anilines is 1. The largest absolute Gasteiger partial charge is 0.416 e. The van der Waals surface area contributed by atoms with Gasteiger partial charge in [0.1, 0.15) is 4.90 Å². The average molecular weight is 385 g/mol. The Kier molecular flexibility index (Phi) is 4.10. The third kappa shape index (κ3) is 3.19. The van der Waals surface area contributed by atoms with E-state index < -0.39 is 21.8 Å². The quantitative estimate of drug-likeness (QED) is 0.727. The second-order valence-corrected chi connectivity index (χ2v) is 7.49. The summed E-state index contributed by atoms with van der Waals surface area (Å²) in [7, 11) is -2.60. The molecule has 0 spiro atoms. The molecule has 10 heteroatoms. The fraction of sp³-hybridized carbons (Fsp3) is 0.188. The fourth-order valence-corrected chi connectivity index (χ4v) is 3.82. The van der Waals surface area contributed by atoms with E-state index in [2.05, 4.69) is 9.71 Å². The first kappa shape index (κ1) is 18.1. The zero-order valence-corrected chi connectivity index (χ0v) is 14.5. The Hall–Kier alpha value is -2.75. The lowest BCUT2D eigenvalue weighted by Crippen LogP contribution is -2.19. The lowest BCUT2D eigenvalue weighted by molar-refractivity contribution is -0.137. The summed E-state index contributed by atoms with van der Waals surface area (Å²) in [5.41, 5.74) is -0.489. The predicted octanol–water partition coefficient (Wildman–Crippen LogP) is 2.99. The van der Waals surface area contributed by atoms with E-state index in [0.717, 1.165) is 24.4 Å². The van der Waals surface area contributed by atoms with Crippen LogP contribution in [0.2, 0.25) is 0 Å². The molecule has 0 radical (unpaired) electrons. The van der Waals surface area contributed by atoms with Crippen molar-refractivity contribution in [2.45, 2.75) is 18.0 Å². The first-order valence-electron chi connectivity index (χ1n) is 7.37. The number of benzene rings is 1. The van der Waals surface area contributed by atoms with Gasteiger partial charge in [0.05, 0.1) is 11.3 Å². The molecule has 2 aromatic heterocycles. The predicted molar refractivity (Wildman–Crippen MR) is 90.5 cm³/mol. The molecule has 138 valence electrons. The Morgan fingerprint density at radius 3 is 2.54 bits per heavy atom. The SMILES string of the molecule is Cc1cc(=O)n(C)cc1NS(=O)(=O)c1c[nH]c2cc(C(F)(F)F)ccc12. The van der Waals surface area contributed by atoms with Crippen molar-refractivity contribution >= 4 is 26.6 Å². The molecule has 3 aromatic rings. The maximum absolute atomic E-state index is 12.8. The van der Waals surface area contributed by atoms with Gasteiger partial charge in [-0.2, -0.15) is 13.2 Å². The molecule has 26 heavy (non-hydrogen) atoms. The molecule has 1 aromatic carbocycles. The number of nitrogens with one attached hydrogen (secondary N) is 2. The fourth-order valence-electron chi connectivity index (χ4n) is 2.53. The normalized spacial score (nSPS) is 12.5. The van der Waals surface area contributed by atoms with Crippen LogP contribution in [0, 0.1) is 6.92 Å². The maximum atomic E-state index is 12.8. The highest BCUT2D eigenvalue weighted by Gasteiger charge is 2.31. The standard InChI is InChI=1S/C16H14F3N3O3S/c1-9-5-15(23)22(2)8-13(9)21-26(24,25)14-7-20-12-6-10(16(17,18)19)3-4-11(12)14/h3-8,20-21H,1-2H3. The van der Waals surface area contributed by atoms with Crippen LogP contribution < -0.4 is 10.3 Å². The topological polar surface area (TPSA) is 84.0 Å². The molecule has 0 atom stereocenters. The van der Waals surface area contributed by atoms with Gasteiger partial charge in [-0.25, -0.2) is 8.42 Å². The zero-order chi connectivity index (χ0) is 19.3. The molecule has 2 heterocycles. The van der Waals surface area contributed by atoms with Crippen molar-refractivity contribution in [1.29, 1.82) is 0 Å². The summed E-state index contributed by atoms with van der Waals surface area (Å²) in [6.45, 7) is 1.57. The van der Waals surface area contributed by atoms with Crippen LogP contribution in [0.5, 0.6) is 0 Å². The lowest BCUT2D eigenvalue weighted by atomic mass is 10.1. The molecule has 0 aliphatic carbocycles. The Labute approximate surface area is 146 Å². The van der Waals surface area contributed by atoms with Gasteiger partial charge in [-0.05, 0) is 24.6 Å². The van der Waals surface area contributed by atoms with Crippen LogP contribution in [0.4, 0.5) is 18.9 Å².